The van der Waals surface area contributed by atoms with E-state index in [4.69, 9.17) is 9.47 Å². The van der Waals surface area contributed by atoms with E-state index < -0.39 is 0 Å². The fourth-order valence-corrected chi connectivity index (χ4v) is 7.52. The molecule has 0 bridgehead atoms. The van der Waals surface area contributed by atoms with E-state index in [1.165, 1.54) is 36.8 Å². The van der Waals surface area contributed by atoms with Crippen LogP contribution in [0.15, 0.2) is 30.9 Å². The molecule has 1 saturated heterocycles. The Kier molecular flexibility index (Phi) is 4.59. The van der Waals surface area contributed by atoms with Gasteiger partial charge in [-0.1, -0.05) is 19.1 Å². The summed E-state index contributed by atoms with van der Waals surface area (Å²) < 4.78 is 12.3. The molecule has 0 amide bonds. The van der Waals surface area contributed by atoms with Crippen molar-refractivity contribution in [3.05, 3.63) is 42.0 Å². The number of hydrogen-bond acceptors (Lipinski definition) is 3. The third kappa shape index (κ3) is 2.93. The molecule has 0 aromatic heterocycles. The molecular formula is C25H34O3. The van der Waals surface area contributed by atoms with Gasteiger partial charge in [0.2, 0.25) is 0 Å². The first kappa shape index (κ1) is 18.7. The highest BCUT2D eigenvalue weighted by atomic mass is 16.7. The first-order valence-corrected chi connectivity index (χ1v) is 11.2. The van der Waals surface area contributed by atoms with E-state index in [9.17, 15) is 5.11 Å². The molecule has 2 saturated carbocycles. The van der Waals surface area contributed by atoms with Crippen molar-refractivity contribution >= 4 is 0 Å². The second-order valence-corrected chi connectivity index (χ2v) is 10.0. The van der Waals surface area contributed by atoms with Gasteiger partial charge >= 0.3 is 0 Å². The van der Waals surface area contributed by atoms with Crippen LogP contribution in [-0.2, 0) is 15.9 Å². The number of phenols is 1. The van der Waals surface area contributed by atoms with Crippen LogP contribution in [0.3, 0.4) is 0 Å². The third-order valence-corrected chi connectivity index (χ3v) is 8.41. The summed E-state index contributed by atoms with van der Waals surface area (Å²) in [5.74, 6) is 2.89. The van der Waals surface area contributed by atoms with Gasteiger partial charge in [-0.2, -0.15) is 0 Å². The highest BCUT2D eigenvalue weighted by Crippen LogP contribution is 2.64. The largest absolute Gasteiger partial charge is 0.508 e. The Balaban J connectivity index is 1.51. The van der Waals surface area contributed by atoms with Crippen molar-refractivity contribution in [3.63, 3.8) is 0 Å². The van der Waals surface area contributed by atoms with E-state index in [1.54, 1.807) is 0 Å². The number of fused-ring (bicyclic) bond motifs is 5. The van der Waals surface area contributed by atoms with Crippen LogP contribution in [0.4, 0.5) is 0 Å². The summed E-state index contributed by atoms with van der Waals surface area (Å²) in [6.07, 6.45) is 11.3. The predicted molar refractivity (Wildman–Crippen MR) is 110 cm³/mol. The van der Waals surface area contributed by atoms with Crippen molar-refractivity contribution in [2.45, 2.75) is 70.0 Å². The molecule has 1 aromatic carbocycles. The predicted octanol–water partition coefficient (Wildman–Crippen LogP) is 5.57. The normalized spacial score (nSPS) is 38.5. The Hall–Kier alpha value is -1.32. The van der Waals surface area contributed by atoms with Gasteiger partial charge in [-0.25, -0.2) is 0 Å². The van der Waals surface area contributed by atoms with E-state index in [-0.39, 0.29) is 5.79 Å². The second kappa shape index (κ2) is 6.88. The van der Waals surface area contributed by atoms with Crippen LogP contribution >= 0.6 is 0 Å². The quantitative estimate of drug-likeness (QED) is 0.694. The van der Waals surface area contributed by atoms with Crippen molar-refractivity contribution in [2.24, 2.45) is 23.2 Å². The maximum absolute atomic E-state index is 10.00. The van der Waals surface area contributed by atoms with Crippen LogP contribution in [0.1, 0.15) is 68.9 Å². The summed E-state index contributed by atoms with van der Waals surface area (Å²) in [4.78, 5) is 0. The lowest BCUT2D eigenvalue weighted by molar-refractivity contribution is -0.227. The summed E-state index contributed by atoms with van der Waals surface area (Å²) in [5.41, 5.74) is 3.19. The average Bonchev–Trinajstić information content (AvgIpc) is 3.12. The molecule has 3 heteroatoms. The molecule has 3 nitrogen and oxygen atoms in total. The van der Waals surface area contributed by atoms with Gasteiger partial charge in [0.1, 0.15) is 5.75 Å². The topological polar surface area (TPSA) is 38.7 Å². The Bertz CT molecular complexity index is 750. The van der Waals surface area contributed by atoms with Gasteiger partial charge in [0, 0.05) is 12.8 Å². The standard InChI is InChI=1S/C25H34O3/c1-3-4-5-18-15-24(2)16-25(27-12-13-28-25)11-10-22(24)21-8-6-17-14-19(26)7-9-20(17)23(18)21/h3,7,9,14,18,21-23,26H,1,4-6,8,10-13,15-16H2,2H3. The Labute approximate surface area is 169 Å². The van der Waals surface area contributed by atoms with Gasteiger partial charge in [0.05, 0.1) is 13.2 Å². The van der Waals surface area contributed by atoms with Crippen molar-refractivity contribution in [1.82, 2.24) is 0 Å². The van der Waals surface area contributed by atoms with E-state index in [0.29, 0.717) is 23.0 Å². The summed E-state index contributed by atoms with van der Waals surface area (Å²) >= 11 is 0. The van der Waals surface area contributed by atoms with E-state index in [1.807, 2.05) is 12.1 Å². The van der Waals surface area contributed by atoms with Gasteiger partial charge in [0.25, 0.3) is 0 Å². The molecule has 1 spiro atoms. The number of phenolic OH excluding ortho intramolecular Hbond substituents is 1. The highest BCUT2D eigenvalue weighted by molar-refractivity contribution is 5.40. The summed E-state index contributed by atoms with van der Waals surface area (Å²) in [5, 5.41) is 10.00. The fraction of sp³-hybridized carbons (Fsp3) is 0.680. The van der Waals surface area contributed by atoms with Gasteiger partial charge in [-0.3, -0.25) is 0 Å². The Morgan fingerprint density at radius 2 is 2.07 bits per heavy atom. The zero-order chi connectivity index (χ0) is 19.4. The summed E-state index contributed by atoms with van der Waals surface area (Å²) in [6, 6.07) is 6.13. The number of benzene rings is 1. The van der Waals surface area contributed by atoms with Crippen LogP contribution in [0.25, 0.3) is 0 Å². The SMILES string of the molecule is C=CCCC1CC2(C)CC3(CCC2C2CCc4cc(O)ccc4C12)OCCO3. The molecule has 1 aromatic rings. The van der Waals surface area contributed by atoms with Crippen LogP contribution in [0, 0.1) is 23.2 Å². The molecule has 1 heterocycles. The van der Waals surface area contributed by atoms with Crippen molar-refractivity contribution in [3.8, 4) is 5.75 Å². The van der Waals surface area contributed by atoms with E-state index >= 15 is 0 Å². The molecule has 0 radical (unpaired) electrons. The number of allylic oxidation sites excluding steroid dienone is 1. The molecule has 4 aliphatic rings. The van der Waals surface area contributed by atoms with Gasteiger partial charge in [-0.05, 0) is 90.9 Å². The smallest absolute Gasteiger partial charge is 0.169 e. The van der Waals surface area contributed by atoms with Crippen LogP contribution in [0.5, 0.6) is 5.75 Å². The maximum Gasteiger partial charge on any atom is 0.169 e. The van der Waals surface area contributed by atoms with Gasteiger partial charge < -0.3 is 14.6 Å². The van der Waals surface area contributed by atoms with E-state index in [2.05, 4.69) is 25.6 Å². The van der Waals surface area contributed by atoms with Crippen LogP contribution in [0.2, 0.25) is 0 Å². The number of hydrogen-bond donors (Lipinski definition) is 1. The summed E-state index contributed by atoms with van der Waals surface area (Å²) in [7, 11) is 0. The molecule has 1 aliphatic heterocycles. The zero-order valence-corrected chi connectivity index (χ0v) is 17.2. The maximum atomic E-state index is 10.00. The lowest BCUT2D eigenvalue weighted by Crippen LogP contribution is -2.54. The van der Waals surface area contributed by atoms with Crippen LogP contribution < -0.4 is 0 Å². The summed E-state index contributed by atoms with van der Waals surface area (Å²) in [6.45, 7) is 8.02. The molecule has 5 rings (SSSR count). The minimum absolute atomic E-state index is 0.296. The highest BCUT2D eigenvalue weighted by Gasteiger charge is 2.58. The molecule has 1 N–H and O–H groups in total. The fourth-order valence-electron chi connectivity index (χ4n) is 7.52. The van der Waals surface area contributed by atoms with Crippen molar-refractivity contribution < 1.29 is 14.6 Å². The Morgan fingerprint density at radius 1 is 1.25 bits per heavy atom. The molecule has 3 aliphatic carbocycles. The number of aryl methyl sites for hydroxylation is 1. The lowest BCUT2D eigenvalue weighted by Gasteiger charge is -2.59. The average molecular weight is 383 g/mol. The molecular weight excluding hydrogens is 348 g/mol. The molecule has 5 atom stereocenters. The van der Waals surface area contributed by atoms with E-state index in [0.717, 1.165) is 50.7 Å². The van der Waals surface area contributed by atoms with Gasteiger partial charge in [0.15, 0.2) is 5.79 Å². The third-order valence-electron chi connectivity index (χ3n) is 8.41. The number of aromatic hydroxyl groups is 1. The monoisotopic (exact) mass is 382 g/mol. The molecule has 28 heavy (non-hydrogen) atoms. The number of ether oxygens (including phenoxy) is 2. The molecule has 5 unspecified atom stereocenters. The first-order valence-electron chi connectivity index (χ1n) is 11.2. The van der Waals surface area contributed by atoms with Crippen molar-refractivity contribution in [1.29, 1.82) is 0 Å². The minimum Gasteiger partial charge on any atom is -0.508 e. The molecule has 3 fully saturated rings. The zero-order valence-electron chi connectivity index (χ0n) is 17.2. The number of rotatable bonds is 3. The van der Waals surface area contributed by atoms with Crippen molar-refractivity contribution in [2.75, 3.05) is 13.2 Å². The minimum atomic E-state index is -0.306. The second-order valence-electron chi connectivity index (χ2n) is 10.0. The molecule has 152 valence electrons. The van der Waals surface area contributed by atoms with Crippen LogP contribution in [-0.4, -0.2) is 24.1 Å². The lowest BCUT2D eigenvalue weighted by atomic mass is 9.47. The Morgan fingerprint density at radius 3 is 2.86 bits per heavy atom. The first-order chi connectivity index (χ1) is 13.5. The van der Waals surface area contributed by atoms with Gasteiger partial charge in [-0.15, -0.1) is 6.58 Å².